The maximum atomic E-state index is 12.5. The molecule has 1 spiro atoms. The Labute approximate surface area is 163 Å². The van der Waals surface area contributed by atoms with E-state index in [1.807, 2.05) is 22.1 Å². The molecule has 2 amide bonds. The standard InChI is InChI=1S/C20H26N4O2S/c1-16(25)24(14-17-4-12-27-15-17)18-13-20(18)5-10-22(11-6-20)19(26)3-9-23-8-2-7-21-23/h2,4,7-8,12,15,18H,3,5-6,9-11,13-14H2,1H3/t18-/m0/s1. The number of amides is 2. The maximum absolute atomic E-state index is 12.5. The predicted octanol–water partition coefficient (Wildman–Crippen LogP) is 2.76. The molecule has 144 valence electrons. The zero-order valence-electron chi connectivity index (χ0n) is 15.7. The van der Waals surface area contributed by atoms with E-state index in [4.69, 9.17) is 0 Å². The van der Waals surface area contributed by atoms with Gasteiger partial charge in [-0.25, -0.2) is 0 Å². The highest BCUT2D eigenvalue weighted by molar-refractivity contribution is 7.07. The predicted molar refractivity (Wildman–Crippen MR) is 104 cm³/mol. The molecule has 0 unspecified atom stereocenters. The van der Waals surface area contributed by atoms with Gasteiger partial charge in [-0.3, -0.25) is 14.3 Å². The van der Waals surface area contributed by atoms with Crippen molar-refractivity contribution >= 4 is 23.2 Å². The Kier molecular flexibility index (Phi) is 5.04. The number of piperidine rings is 1. The van der Waals surface area contributed by atoms with Crippen molar-refractivity contribution < 1.29 is 9.59 Å². The monoisotopic (exact) mass is 386 g/mol. The van der Waals surface area contributed by atoms with Crippen molar-refractivity contribution in [3.05, 3.63) is 40.8 Å². The molecule has 1 saturated heterocycles. The summed E-state index contributed by atoms with van der Waals surface area (Å²) in [6.07, 6.45) is 7.19. The van der Waals surface area contributed by atoms with Crippen molar-refractivity contribution in [3.63, 3.8) is 0 Å². The van der Waals surface area contributed by atoms with Crippen LogP contribution in [-0.4, -0.2) is 50.5 Å². The Morgan fingerprint density at radius 3 is 2.81 bits per heavy atom. The molecule has 2 aromatic rings. The lowest BCUT2D eigenvalue weighted by Gasteiger charge is -2.34. The van der Waals surface area contributed by atoms with Crippen LogP contribution in [0.5, 0.6) is 0 Å². The molecule has 0 radical (unpaired) electrons. The average Bonchev–Trinajstić information content (AvgIpc) is 3.08. The molecule has 0 N–H and O–H groups in total. The Hall–Kier alpha value is -2.15. The third-order valence-corrected chi connectivity index (χ3v) is 6.82. The zero-order chi connectivity index (χ0) is 18.9. The van der Waals surface area contributed by atoms with E-state index in [2.05, 4.69) is 21.9 Å². The minimum absolute atomic E-state index is 0.154. The van der Waals surface area contributed by atoms with Crippen LogP contribution >= 0.6 is 11.3 Å². The van der Waals surface area contributed by atoms with Crippen molar-refractivity contribution in [2.75, 3.05) is 13.1 Å². The summed E-state index contributed by atoms with van der Waals surface area (Å²) in [5.41, 5.74) is 1.43. The van der Waals surface area contributed by atoms with Crippen LogP contribution in [0.3, 0.4) is 0 Å². The van der Waals surface area contributed by atoms with Crippen molar-refractivity contribution in [2.45, 2.75) is 51.7 Å². The van der Waals surface area contributed by atoms with Crippen molar-refractivity contribution in [3.8, 4) is 0 Å². The van der Waals surface area contributed by atoms with Crippen LogP contribution in [0.4, 0.5) is 0 Å². The van der Waals surface area contributed by atoms with E-state index in [0.29, 0.717) is 25.6 Å². The molecule has 0 bridgehead atoms. The van der Waals surface area contributed by atoms with Crippen LogP contribution in [0.2, 0.25) is 0 Å². The largest absolute Gasteiger partial charge is 0.343 e. The fraction of sp³-hybridized carbons (Fsp3) is 0.550. The van der Waals surface area contributed by atoms with Crippen LogP contribution in [0.1, 0.15) is 38.2 Å². The van der Waals surface area contributed by atoms with Gasteiger partial charge in [0.05, 0.1) is 0 Å². The van der Waals surface area contributed by atoms with Gasteiger partial charge < -0.3 is 9.80 Å². The number of nitrogens with zero attached hydrogens (tertiary/aromatic N) is 4. The van der Waals surface area contributed by atoms with E-state index in [0.717, 1.165) is 32.4 Å². The average molecular weight is 387 g/mol. The summed E-state index contributed by atoms with van der Waals surface area (Å²) in [5.74, 6) is 0.361. The number of carbonyl (C=O) groups is 2. The normalized spacial score (nSPS) is 20.6. The molecule has 6 nitrogen and oxygen atoms in total. The molecule has 0 aromatic carbocycles. The van der Waals surface area contributed by atoms with E-state index < -0.39 is 0 Å². The first-order chi connectivity index (χ1) is 13.1. The second-order valence-electron chi connectivity index (χ2n) is 7.76. The fourth-order valence-corrected chi connectivity index (χ4v) is 4.99. The zero-order valence-corrected chi connectivity index (χ0v) is 16.5. The van der Waals surface area contributed by atoms with Gasteiger partial charge in [-0.05, 0) is 53.1 Å². The third kappa shape index (κ3) is 3.93. The molecular formula is C20H26N4O2S. The lowest BCUT2D eigenvalue weighted by molar-refractivity contribution is -0.134. The molecule has 2 fully saturated rings. The molecule has 7 heteroatoms. The first kappa shape index (κ1) is 18.2. The number of likely N-dealkylation sites (tertiary alicyclic amines) is 1. The number of aryl methyl sites for hydroxylation is 1. The highest BCUT2D eigenvalue weighted by Gasteiger charge is 2.58. The summed E-state index contributed by atoms with van der Waals surface area (Å²) in [5, 5.41) is 8.33. The van der Waals surface area contributed by atoms with Crippen LogP contribution in [-0.2, 0) is 22.7 Å². The van der Waals surface area contributed by atoms with Gasteiger partial charge in [0.2, 0.25) is 11.8 Å². The Morgan fingerprint density at radius 2 is 2.19 bits per heavy atom. The molecule has 4 rings (SSSR count). The molecule has 1 aliphatic carbocycles. The molecule has 2 aliphatic rings. The Bertz CT molecular complexity index is 779. The molecule has 27 heavy (non-hydrogen) atoms. The molecule has 3 heterocycles. The fourth-order valence-electron chi connectivity index (χ4n) is 4.33. The van der Waals surface area contributed by atoms with Gasteiger partial charge >= 0.3 is 0 Å². The second-order valence-corrected chi connectivity index (χ2v) is 8.54. The van der Waals surface area contributed by atoms with Gasteiger partial charge in [-0.15, -0.1) is 0 Å². The number of hydrogen-bond acceptors (Lipinski definition) is 4. The molecule has 1 aliphatic heterocycles. The lowest BCUT2D eigenvalue weighted by Crippen LogP contribution is -2.42. The number of aromatic nitrogens is 2. The highest BCUT2D eigenvalue weighted by atomic mass is 32.1. The van der Waals surface area contributed by atoms with Gasteiger partial charge in [0.1, 0.15) is 0 Å². The van der Waals surface area contributed by atoms with Crippen molar-refractivity contribution in [1.82, 2.24) is 19.6 Å². The van der Waals surface area contributed by atoms with Crippen molar-refractivity contribution in [1.29, 1.82) is 0 Å². The first-order valence-electron chi connectivity index (χ1n) is 9.61. The lowest BCUT2D eigenvalue weighted by atomic mass is 9.92. The molecule has 2 aromatic heterocycles. The third-order valence-electron chi connectivity index (χ3n) is 6.09. The summed E-state index contributed by atoms with van der Waals surface area (Å²) in [4.78, 5) is 28.7. The van der Waals surface area contributed by atoms with Gasteiger partial charge in [0.25, 0.3) is 0 Å². The van der Waals surface area contributed by atoms with Gasteiger partial charge in [0.15, 0.2) is 0 Å². The molecular weight excluding hydrogens is 360 g/mol. The maximum Gasteiger partial charge on any atom is 0.224 e. The number of thiophene rings is 1. The number of hydrogen-bond donors (Lipinski definition) is 0. The van der Waals surface area contributed by atoms with E-state index in [-0.39, 0.29) is 17.2 Å². The summed E-state index contributed by atoms with van der Waals surface area (Å²) in [7, 11) is 0. The minimum Gasteiger partial charge on any atom is -0.343 e. The summed E-state index contributed by atoms with van der Waals surface area (Å²) in [6.45, 7) is 4.62. The SMILES string of the molecule is CC(=O)N(Cc1ccsc1)[C@H]1CC12CCN(C(=O)CCn1cccn1)CC2. The number of carbonyl (C=O) groups excluding carboxylic acids is 2. The summed E-state index contributed by atoms with van der Waals surface area (Å²) < 4.78 is 1.80. The Balaban J connectivity index is 1.29. The van der Waals surface area contributed by atoms with E-state index in [1.165, 1.54) is 5.56 Å². The van der Waals surface area contributed by atoms with Gasteiger partial charge in [-0.1, -0.05) is 0 Å². The smallest absolute Gasteiger partial charge is 0.224 e. The van der Waals surface area contributed by atoms with Gasteiger partial charge in [-0.2, -0.15) is 16.4 Å². The highest BCUT2D eigenvalue weighted by Crippen LogP contribution is 2.57. The quantitative estimate of drug-likeness (QED) is 0.767. The van der Waals surface area contributed by atoms with Crippen LogP contribution in [0.15, 0.2) is 35.3 Å². The first-order valence-corrected chi connectivity index (χ1v) is 10.6. The summed E-state index contributed by atoms with van der Waals surface area (Å²) in [6, 6.07) is 4.30. The van der Waals surface area contributed by atoms with Crippen LogP contribution in [0, 0.1) is 5.41 Å². The minimum atomic E-state index is 0.154. The topological polar surface area (TPSA) is 58.4 Å². The second kappa shape index (κ2) is 7.46. The Morgan fingerprint density at radius 1 is 1.37 bits per heavy atom. The van der Waals surface area contributed by atoms with E-state index in [9.17, 15) is 9.59 Å². The van der Waals surface area contributed by atoms with Crippen molar-refractivity contribution in [2.24, 2.45) is 5.41 Å². The molecule has 1 saturated carbocycles. The van der Waals surface area contributed by atoms with Gasteiger partial charge in [0, 0.05) is 58.0 Å². The van der Waals surface area contributed by atoms with Crippen LogP contribution < -0.4 is 0 Å². The van der Waals surface area contributed by atoms with Crippen LogP contribution in [0.25, 0.3) is 0 Å². The van der Waals surface area contributed by atoms with E-state index in [1.54, 1.807) is 29.1 Å². The summed E-state index contributed by atoms with van der Waals surface area (Å²) >= 11 is 1.67. The molecule has 1 atom stereocenters. The number of rotatable bonds is 6. The van der Waals surface area contributed by atoms with E-state index >= 15 is 0 Å².